The summed E-state index contributed by atoms with van der Waals surface area (Å²) >= 11 is 1.92. The first-order chi connectivity index (χ1) is 19.2. The average molecular weight is 680 g/mol. The van der Waals surface area contributed by atoms with Gasteiger partial charge in [-0.25, -0.2) is 4.79 Å². The van der Waals surface area contributed by atoms with Crippen molar-refractivity contribution in [3.63, 3.8) is 0 Å². The van der Waals surface area contributed by atoms with Crippen LogP contribution >= 0.6 is 22.4 Å². The number of carboxylic acids is 3. The molecule has 0 bridgehead atoms. The highest BCUT2D eigenvalue weighted by Crippen LogP contribution is 2.13. The molecule has 0 aliphatic carbocycles. The molecule has 2 atom stereocenters. The van der Waals surface area contributed by atoms with Crippen LogP contribution in [-0.4, -0.2) is 68.9 Å². The fourth-order valence-corrected chi connectivity index (χ4v) is 4.71. The summed E-state index contributed by atoms with van der Waals surface area (Å²) in [5.74, 6) is -3.44. The Kier molecular flexibility index (Phi) is 24.8. The van der Waals surface area contributed by atoms with Crippen LogP contribution in [0.5, 0.6) is 0 Å². The molecule has 0 saturated heterocycles. The Morgan fingerprint density at radius 2 is 1.07 bits per heavy atom. The second-order valence-corrected chi connectivity index (χ2v) is 10.8. The Labute approximate surface area is 252 Å². The van der Waals surface area contributed by atoms with Gasteiger partial charge in [0.15, 0.2) is 0 Å². The fraction of sp³-hybridized carbons (Fsp3) is 0.815. The molecule has 11 nitrogen and oxygen atoms in total. The lowest BCUT2D eigenvalue weighted by Crippen LogP contribution is -2.41. The van der Waals surface area contributed by atoms with E-state index in [1.807, 2.05) is 22.4 Å². The first-order valence-electron chi connectivity index (χ1n) is 14.6. The fourth-order valence-electron chi connectivity index (χ4n) is 4.27. The number of halogens is 1. The highest BCUT2D eigenvalue weighted by atomic mass is 127. The van der Waals surface area contributed by atoms with Gasteiger partial charge in [0.25, 0.3) is 5.27 Å². The van der Waals surface area contributed by atoms with Crippen molar-refractivity contribution in [2.45, 2.75) is 134 Å². The van der Waals surface area contributed by atoms with Crippen molar-refractivity contribution in [1.29, 1.82) is 0 Å². The summed E-state index contributed by atoms with van der Waals surface area (Å²) in [7, 11) is 0. The monoisotopic (exact) mass is 680 g/mol. The standard InChI is InChI=1S/C27H48BIN3O8/c29-28-32-22(27(39)40)15-13-14-20-30-23(33)19-18-21(26(37)38)31-24(34)16-11-9-7-5-3-1-2-4-6-8-10-12-17-25(35)36/h21-22,32H,1-20H2,(H,30,33)(H,31,34)(H,35,36)(H,37,38)(H,39,40)/t21-,22-/m0/s1. The summed E-state index contributed by atoms with van der Waals surface area (Å²) in [6.45, 7) is 0.374. The zero-order valence-electron chi connectivity index (χ0n) is 23.6. The maximum Gasteiger partial charge on any atom is 0.326 e. The first-order valence-corrected chi connectivity index (χ1v) is 15.8. The van der Waals surface area contributed by atoms with E-state index < -0.39 is 30.0 Å². The van der Waals surface area contributed by atoms with Gasteiger partial charge in [0.2, 0.25) is 11.8 Å². The molecule has 13 heteroatoms. The Balaban J connectivity index is 3.81. The van der Waals surface area contributed by atoms with E-state index in [0.717, 1.165) is 51.4 Å². The predicted molar refractivity (Wildman–Crippen MR) is 162 cm³/mol. The number of unbranched alkanes of at least 4 members (excludes halogenated alkanes) is 12. The number of carboxylic acid groups (broad SMARTS) is 3. The average Bonchev–Trinajstić information content (AvgIpc) is 2.89. The largest absolute Gasteiger partial charge is 0.481 e. The summed E-state index contributed by atoms with van der Waals surface area (Å²) in [5, 5.41) is 36.6. The van der Waals surface area contributed by atoms with Crippen molar-refractivity contribution in [2.75, 3.05) is 6.54 Å². The molecular weight excluding hydrogens is 632 g/mol. The molecule has 0 aromatic carbocycles. The number of hydrogen-bond donors (Lipinski definition) is 6. The molecule has 0 heterocycles. The number of hydrogen-bond acceptors (Lipinski definition) is 6. The van der Waals surface area contributed by atoms with Crippen molar-refractivity contribution >= 4 is 57.4 Å². The molecular formula is C27H48BIN3O8. The number of aliphatic carboxylic acids is 3. The van der Waals surface area contributed by atoms with Crippen molar-refractivity contribution in [3.05, 3.63) is 0 Å². The third-order valence-electron chi connectivity index (χ3n) is 6.64. The van der Waals surface area contributed by atoms with E-state index in [9.17, 15) is 29.1 Å². The summed E-state index contributed by atoms with van der Waals surface area (Å²) in [4.78, 5) is 57.3. The Morgan fingerprint density at radius 1 is 0.575 bits per heavy atom. The topological polar surface area (TPSA) is 182 Å². The second kappa shape index (κ2) is 26.0. The normalized spacial score (nSPS) is 12.3. The maximum absolute atomic E-state index is 12.2. The van der Waals surface area contributed by atoms with Crippen LogP contribution in [0.15, 0.2) is 0 Å². The highest BCUT2D eigenvalue weighted by Gasteiger charge is 2.21. The van der Waals surface area contributed by atoms with Crippen molar-refractivity contribution in [1.82, 2.24) is 15.9 Å². The molecule has 0 aromatic heterocycles. The van der Waals surface area contributed by atoms with E-state index in [1.165, 1.54) is 19.3 Å². The smallest absolute Gasteiger partial charge is 0.326 e. The minimum atomic E-state index is -1.17. The van der Waals surface area contributed by atoms with E-state index in [1.54, 1.807) is 5.27 Å². The lowest BCUT2D eigenvalue weighted by Gasteiger charge is -2.15. The third kappa shape index (κ3) is 23.9. The van der Waals surface area contributed by atoms with E-state index in [-0.39, 0.29) is 37.5 Å². The van der Waals surface area contributed by atoms with Crippen LogP contribution in [0.25, 0.3) is 0 Å². The lowest BCUT2D eigenvalue weighted by atomic mass is 10.0. The van der Waals surface area contributed by atoms with E-state index in [0.29, 0.717) is 32.2 Å². The number of rotatable bonds is 28. The molecule has 0 aromatic rings. The van der Waals surface area contributed by atoms with E-state index >= 15 is 0 Å². The SMILES string of the molecule is O=C(O)CCCCCCCCCCCCCCC(=O)N[C@@H](CCC(=O)NCCCC[C@H](N[B]I)C(=O)O)C(=O)O. The number of nitrogens with one attached hydrogen (secondary N) is 3. The molecule has 6 N–H and O–H groups in total. The van der Waals surface area contributed by atoms with Gasteiger partial charge in [-0.2, -0.15) is 0 Å². The Hall–Kier alpha value is -1.90. The number of carbonyl (C=O) groups is 5. The number of amides is 2. The molecule has 40 heavy (non-hydrogen) atoms. The molecule has 0 rings (SSSR count). The van der Waals surface area contributed by atoms with Crippen molar-refractivity contribution in [2.24, 2.45) is 0 Å². The lowest BCUT2D eigenvalue weighted by molar-refractivity contribution is -0.142. The molecule has 0 spiro atoms. The van der Waals surface area contributed by atoms with Gasteiger partial charge in [-0.15, -0.1) is 22.4 Å². The summed E-state index contributed by atoms with van der Waals surface area (Å²) in [5.41, 5.74) is 0. The summed E-state index contributed by atoms with van der Waals surface area (Å²) in [6.07, 6.45) is 14.6. The van der Waals surface area contributed by atoms with Gasteiger partial charge in [-0.3, -0.25) is 19.2 Å². The van der Waals surface area contributed by atoms with Gasteiger partial charge in [0, 0.05) is 25.8 Å². The quantitative estimate of drug-likeness (QED) is 0.0401. The van der Waals surface area contributed by atoms with Crippen molar-refractivity contribution < 1.29 is 39.3 Å². The van der Waals surface area contributed by atoms with Crippen LogP contribution in [0.1, 0.15) is 122 Å². The van der Waals surface area contributed by atoms with Crippen LogP contribution in [0.3, 0.4) is 0 Å². The van der Waals surface area contributed by atoms with Gasteiger partial charge in [0.1, 0.15) is 6.04 Å². The Morgan fingerprint density at radius 3 is 1.55 bits per heavy atom. The molecule has 0 aliphatic rings. The molecule has 0 aliphatic heterocycles. The van der Waals surface area contributed by atoms with Crippen LogP contribution in [-0.2, 0) is 24.0 Å². The maximum atomic E-state index is 12.2. The van der Waals surface area contributed by atoms with Crippen LogP contribution < -0.4 is 15.9 Å². The molecule has 229 valence electrons. The van der Waals surface area contributed by atoms with E-state index in [4.69, 9.17) is 10.2 Å². The summed E-state index contributed by atoms with van der Waals surface area (Å²) < 4.78 is 0. The third-order valence-corrected chi connectivity index (χ3v) is 7.00. The van der Waals surface area contributed by atoms with Gasteiger partial charge in [0.05, 0.1) is 6.04 Å². The highest BCUT2D eigenvalue weighted by molar-refractivity contribution is 14.1. The van der Waals surface area contributed by atoms with Crippen LogP contribution in [0, 0.1) is 0 Å². The minimum Gasteiger partial charge on any atom is -0.481 e. The molecule has 0 unspecified atom stereocenters. The van der Waals surface area contributed by atoms with Gasteiger partial charge in [-0.1, -0.05) is 64.2 Å². The first kappa shape index (κ1) is 38.1. The summed E-state index contributed by atoms with van der Waals surface area (Å²) in [6, 6.07) is -1.77. The molecule has 0 fully saturated rings. The minimum absolute atomic E-state index is 0.00570. The predicted octanol–water partition coefficient (Wildman–Crippen LogP) is 4.18. The molecule has 0 saturated carbocycles. The second-order valence-electron chi connectivity index (χ2n) is 10.1. The van der Waals surface area contributed by atoms with Gasteiger partial charge >= 0.3 is 17.9 Å². The van der Waals surface area contributed by atoms with Crippen molar-refractivity contribution in [3.8, 4) is 0 Å². The molecule has 2 amide bonds. The van der Waals surface area contributed by atoms with Gasteiger partial charge < -0.3 is 31.2 Å². The van der Waals surface area contributed by atoms with E-state index in [2.05, 4.69) is 15.9 Å². The Bertz CT molecular complexity index is 745. The van der Waals surface area contributed by atoms with Crippen LogP contribution in [0.4, 0.5) is 0 Å². The number of carbonyl (C=O) groups excluding carboxylic acids is 2. The zero-order chi connectivity index (χ0) is 30.0. The zero-order valence-corrected chi connectivity index (χ0v) is 25.8. The molecule has 1 radical (unpaired) electrons. The van der Waals surface area contributed by atoms with Crippen LogP contribution in [0.2, 0.25) is 0 Å². The van der Waals surface area contributed by atoms with Gasteiger partial charge in [-0.05, 0) is 38.5 Å².